The largest absolute Gasteiger partial charge is 0.502 e. The van der Waals surface area contributed by atoms with Crippen LogP contribution in [0.2, 0.25) is 0 Å². The van der Waals surface area contributed by atoms with Crippen molar-refractivity contribution >= 4 is 5.97 Å². The molecule has 4 nitrogen and oxygen atoms in total. The van der Waals surface area contributed by atoms with Crippen molar-refractivity contribution in [3.8, 4) is 5.75 Å². The maximum absolute atomic E-state index is 10.6. The number of aromatic hydroxyl groups is 1. The van der Waals surface area contributed by atoms with Gasteiger partial charge in [0.2, 0.25) is 5.69 Å². The van der Waals surface area contributed by atoms with E-state index in [0.717, 1.165) is 0 Å². The second kappa shape index (κ2) is 3.43. The molecule has 1 heterocycles. The van der Waals surface area contributed by atoms with Crippen molar-refractivity contribution < 1.29 is 19.6 Å². The van der Waals surface area contributed by atoms with E-state index in [4.69, 9.17) is 5.11 Å². The van der Waals surface area contributed by atoms with Crippen LogP contribution in [-0.4, -0.2) is 16.2 Å². The molecule has 1 aromatic heterocycles. The maximum atomic E-state index is 10.6. The first-order valence-electron chi connectivity index (χ1n) is 4.03. The minimum atomic E-state index is -1.11. The molecule has 0 aliphatic heterocycles. The van der Waals surface area contributed by atoms with E-state index < -0.39 is 5.97 Å². The zero-order chi connectivity index (χ0) is 10.0. The lowest BCUT2D eigenvalue weighted by atomic mass is 10.2. The van der Waals surface area contributed by atoms with Crippen LogP contribution in [0.4, 0.5) is 0 Å². The third kappa shape index (κ3) is 1.61. The Morgan fingerprint density at radius 1 is 1.62 bits per heavy atom. The predicted octanol–water partition coefficient (Wildman–Crippen LogP) is 0.706. The van der Waals surface area contributed by atoms with Crippen molar-refractivity contribution in [2.75, 3.05) is 0 Å². The lowest BCUT2D eigenvalue weighted by molar-refractivity contribution is -0.699. The Morgan fingerprint density at radius 3 is 2.69 bits per heavy atom. The fourth-order valence-corrected chi connectivity index (χ4v) is 1.20. The summed E-state index contributed by atoms with van der Waals surface area (Å²) in [6.45, 7) is 4.32. The van der Waals surface area contributed by atoms with Gasteiger partial charge in [0.25, 0.3) is 0 Å². The number of carboxylic acid groups (broad SMARTS) is 1. The SMILES string of the molecule is CC[n+]1ccc(C(=O)O)c(O)c1C. The Morgan fingerprint density at radius 2 is 2.23 bits per heavy atom. The molecule has 0 atom stereocenters. The van der Waals surface area contributed by atoms with Gasteiger partial charge in [0.05, 0.1) is 0 Å². The number of carbonyl (C=O) groups is 1. The number of hydrogen-bond donors (Lipinski definition) is 2. The second-order valence-electron chi connectivity index (χ2n) is 2.75. The topological polar surface area (TPSA) is 61.4 Å². The van der Waals surface area contributed by atoms with E-state index in [2.05, 4.69) is 0 Å². The molecule has 0 aliphatic rings. The molecule has 4 heteroatoms. The summed E-state index contributed by atoms with van der Waals surface area (Å²) in [6.07, 6.45) is 1.65. The van der Waals surface area contributed by atoms with Gasteiger partial charge >= 0.3 is 5.97 Å². The molecule has 0 amide bonds. The predicted molar refractivity (Wildman–Crippen MR) is 45.7 cm³/mol. The third-order valence-electron chi connectivity index (χ3n) is 2.02. The molecule has 0 spiro atoms. The zero-order valence-corrected chi connectivity index (χ0v) is 7.61. The molecular weight excluding hydrogens is 170 g/mol. The number of pyridine rings is 1. The molecule has 2 N–H and O–H groups in total. The van der Waals surface area contributed by atoms with Crippen LogP contribution < -0.4 is 4.57 Å². The Kier molecular flexibility index (Phi) is 2.51. The van der Waals surface area contributed by atoms with Crippen LogP contribution in [0.3, 0.4) is 0 Å². The van der Waals surface area contributed by atoms with Crippen molar-refractivity contribution in [1.82, 2.24) is 0 Å². The van der Waals surface area contributed by atoms with Gasteiger partial charge in [-0.2, -0.15) is 4.57 Å². The molecule has 0 bridgehead atoms. The number of aromatic nitrogens is 1. The smallest absolute Gasteiger partial charge is 0.339 e. The Labute approximate surface area is 76.1 Å². The van der Waals surface area contributed by atoms with Crippen molar-refractivity contribution in [1.29, 1.82) is 0 Å². The summed E-state index contributed by atoms with van der Waals surface area (Å²) in [4.78, 5) is 10.6. The van der Waals surface area contributed by atoms with Crippen LogP contribution in [0.5, 0.6) is 5.75 Å². The van der Waals surface area contributed by atoms with E-state index in [0.29, 0.717) is 12.2 Å². The number of hydrogen-bond acceptors (Lipinski definition) is 2. The molecule has 0 saturated heterocycles. The number of carboxylic acids is 1. The fraction of sp³-hybridized carbons (Fsp3) is 0.333. The highest BCUT2D eigenvalue weighted by Gasteiger charge is 2.18. The molecule has 0 unspecified atom stereocenters. The molecule has 0 radical (unpaired) electrons. The first-order chi connectivity index (χ1) is 6.07. The number of aromatic carboxylic acids is 1. The van der Waals surface area contributed by atoms with E-state index in [1.165, 1.54) is 6.07 Å². The highest BCUT2D eigenvalue weighted by molar-refractivity contribution is 5.90. The highest BCUT2D eigenvalue weighted by Crippen LogP contribution is 2.17. The van der Waals surface area contributed by atoms with Gasteiger partial charge in [-0.15, -0.1) is 0 Å². The van der Waals surface area contributed by atoms with Crippen molar-refractivity contribution in [3.63, 3.8) is 0 Å². The van der Waals surface area contributed by atoms with Gasteiger partial charge in [0, 0.05) is 13.0 Å². The summed E-state index contributed by atoms with van der Waals surface area (Å²) in [5.41, 5.74) is 0.518. The highest BCUT2D eigenvalue weighted by atomic mass is 16.4. The number of nitrogens with zero attached hydrogens (tertiary/aromatic N) is 1. The van der Waals surface area contributed by atoms with Crippen LogP contribution in [0.25, 0.3) is 0 Å². The minimum Gasteiger partial charge on any atom is -0.502 e. The monoisotopic (exact) mass is 182 g/mol. The number of aryl methyl sites for hydroxylation is 1. The van der Waals surface area contributed by atoms with Crippen LogP contribution >= 0.6 is 0 Å². The van der Waals surface area contributed by atoms with Gasteiger partial charge in [-0.05, 0) is 6.92 Å². The van der Waals surface area contributed by atoms with Gasteiger partial charge in [0.1, 0.15) is 12.1 Å². The summed E-state index contributed by atoms with van der Waals surface area (Å²) in [5, 5.41) is 18.2. The van der Waals surface area contributed by atoms with Crippen molar-refractivity contribution in [3.05, 3.63) is 23.5 Å². The van der Waals surface area contributed by atoms with Gasteiger partial charge < -0.3 is 10.2 Å². The molecule has 0 fully saturated rings. The summed E-state index contributed by atoms with van der Waals surface area (Å²) < 4.78 is 1.78. The third-order valence-corrected chi connectivity index (χ3v) is 2.02. The van der Waals surface area contributed by atoms with Crippen LogP contribution in [-0.2, 0) is 6.54 Å². The average Bonchev–Trinajstić information content (AvgIpc) is 2.09. The molecule has 0 aliphatic carbocycles. The summed E-state index contributed by atoms with van der Waals surface area (Å²) in [6, 6.07) is 1.40. The van der Waals surface area contributed by atoms with Gasteiger partial charge in [-0.1, -0.05) is 0 Å². The zero-order valence-electron chi connectivity index (χ0n) is 7.61. The molecule has 0 aromatic carbocycles. The first kappa shape index (κ1) is 9.51. The van der Waals surface area contributed by atoms with E-state index >= 15 is 0 Å². The Bertz CT molecular complexity index is 347. The summed E-state index contributed by atoms with van der Waals surface area (Å²) in [5.74, 6) is -1.26. The average molecular weight is 182 g/mol. The Balaban J connectivity index is 3.31. The Hall–Kier alpha value is -1.58. The van der Waals surface area contributed by atoms with Crippen molar-refractivity contribution in [2.24, 2.45) is 0 Å². The van der Waals surface area contributed by atoms with Crippen LogP contribution in [0.1, 0.15) is 23.0 Å². The molecular formula is C9H12NO3+. The quantitative estimate of drug-likeness (QED) is 0.662. The van der Waals surface area contributed by atoms with E-state index in [9.17, 15) is 9.90 Å². The van der Waals surface area contributed by atoms with Gasteiger partial charge in [0.15, 0.2) is 11.9 Å². The molecule has 13 heavy (non-hydrogen) atoms. The summed E-state index contributed by atoms with van der Waals surface area (Å²) >= 11 is 0. The molecule has 1 aromatic rings. The lowest BCUT2D eigenvalue weighted by Gasteiger charge is -2.02. The first-order valence-corrected chi connectivity index (χ1v) is 4.03. The minimum absolute atomic E-state index is 0.0535. The van der Waals surface area contributed by atoms with Crippen LogP contribution in [0, 0.1) is 6.92 Å². The molecule has 70 valence electrons. The summed E-state index contributed by atoms with van der Waals surface area (Å²) in [7, 11) is 0. The molecule has 0 saturated carbocycles. The van der Waals surface area contributed by atoms with E-state index in [-0.39, 0.29) is 11.3 Å². The van der Waals surface area contributed by atoms with Gasteiger partial charge in [-0.25, -0.2) is 4.79 Å². The van der Waals surface area contributed by atoms with Gasteiger partial charge in [-0.3, -0.25) is 0 Å². The van der Waals surface area contributed by atoms with E-state index in [1.54, 1.807) is 17.7 Å². The lowest BCUT2D eigenvalue weighted by Crippen LogP contribution is -2.35. The number of rotatable bonds is 2. The van der Waals surface area contributed by atoms with E-state index in [1.807, 2.05) is 6.92 Å². The second-order valence-corrected chi connectivity index (χ2v) is 2.75. The fourth-order valence-electron chi connectivity index (χ4n) is 1.20. The van der Waals surface area contributed by atoms with Crippen LogP contribution in [0.15, 0.2) is 12.3 Å². The normalized spacial score (nSPS) is 10.0. The van der Waals surface area contributed by atoms with Crippen molar-refractivity contribution in [2.45, 2.75) is 20.4 Å². The standard InChI is InChI=1S/C9H11NO3/c1-3-10-5-4-7(9(12)13)8(11)6(10)2/h4-5H,3H2,1-2H3,(H-,11,12,13)/p+1. The molecule has 1 rings (SSSR count). The maximum Gasteiger partial charge on any atom is 0.339 e.